The van der Waals surface area contributed by atoms with Crippen molar-refractivity contribution in [2.24, 2.45) is 0 Å². The van der Waals surface area contributed by atoms with Gasteiger partial charge in [-0.1, -0.05) is 0 Å². The van der Waals surface area contributed by atoms with Gasteiger partial charge in [-0.2, -0.15) is 0 Å². The van der Waals surface area contributed by atoms with Crippen LogP contribution in [-0.2, 0) is 9.53 Å². The van der Waals surface area contributed by atoms with Crippen molar-refractivity contribution in [1.29, 1.82) is 0 Å². The summed E-state index contributed by atoms with van der Waals surface area (Å²) in [5, 5.41) is 2.95. The SMILES string of the molecule is CC(=O)OCCNc1ncccc1N. The highest BCUT2D eigenvalue weighted by atomic mass is 16.5. The molecular weight excluding hydrogens is 182 g/mol. The minimum absolute atomic E-state index is 0.291. The molecule has 0 radical (unpaired) electrons. The molecule has 0 fully saturated rings. The second kappa shape index (κ2) is 5.06. The largest absolute Gasteiger partial charge is 0.464 e. The maximum absolute atomic E-state index is 10.4. The number of esters is 1. The van der Waals surface area contributed by atoms with Crippen LogP contribution in [0.2, 0.25) is 0 Å². The Kier molecular flexibility index (Phi) is 3.72. The Morgan fingerprint density at radius 2 is 2.50 bits per heavy atom. The van der Waals surface area contributed by atoms with Gasteiger partial charge in [-0.3, -0.25) is 4.79 Å². The van der Waals surface area contributed by atoms with Crippen LogP contribution in [0, 0.1) is 0 Å². The van der Waals surface area contributed by atoms with Crippen LogP contribution in [0.1, 0.15) is 6.92 Å². The number of carbonyl (C=O) groups is 1. The molecule has 3 N–H and O–H groups in total. The molecule has 1 aromatic rings. The van der Waals surface area contributed by atoms with E-state index in [2.05, 4.69) is 10.3 Å². The fraction of sp³-hybridized carbons (Fsp3) is 0.333. The molecular formula is C9H13N3O2. The molecule has 0 aromatic carbocycles. The highest BCUT2D eigenvalue weighted by molar-refractivity contribution is 5.66. The van der Waals surface area contributed by atoms with Crippen molar-refractivity contribution in [3.05, 3.63) is 18.3 Å². The van der Waals surface area contributed by atoms with Crippen LogP contribution in [0.25, 0.3) is 0 Å². The standard InChI is InChI=1S/C9H13N3O2/c1-7(13)14-6-5-12-9-8(10)3-2-4-11-9/h2-4H,5-6,10H2,1H3,(H,11,12). The van der Waals surface area contributed by atoms with Crippen molar-refractivity contribution >= 4 is 17.5 Å². The van der Waals surface area contributed by atoms with E-state index in [1.807, 2.05) is 0 Å². The van der Waals surface area contributed by atoms with Crippen molar-refractivity contribution in [3.63, 3.8) is 0 Å². The van der Waals surface area contributed by atoms with Crippen molar-refractivity contribution < 1.29 is 9.53 Å². The summed E-state index contributed by atoms with van der Waals surface area (Å²) < 4.78 is 4.73. The molecule has 5 heteroatoms. The lowest BCUT2D eigenvalue weighted by Crippen LogP contribution is -2.13. The molecule has 0 bridgehead atoms. The third kappa shape index (κ3) is 3.30. The second-order valence-corrected chi connectivity index (χ2v) is 2.71. The molecule has 0 amide bonds. The first kappa shape index (κ1) is 10.3. The third-order valence-corrected chi connectivity index (χ3v) is 1.54. The molecule has 0 saturated heterocycles. The maximum atomic E-state index is 10.4. The van der Waals surface area contributed by atoms with Gasteiger partial charge in [-0.05, 0) is 12.1 Å². The van der Waals surface area contributed by atoms with Crippen molar-refractivity contribution in [2.75, 3.05) is 24.2 Å². The summed E-state index contributed by atoms with van der Waals surface area (Å²) in [5.41, 5.74) is 6.21. The van der Waals surface area contributed by atoms with Crippen LogP contribution < -0.4 is 11.1 Å². The molecule has 0 atom stereocenters. The molecule has 0 aliphatic rings. The number of ether oxygens (including phenoxy) is 1. The van der Waals surface area contributed by atoms with Crippen LogP contribution in [0.4, 0.5) is 11.5 Å². The van der Waals surface area contributed by atoms with Gasteiger partial charge in [-0.25, -0.2) is 4.98 Å². The highest BCUT2D eigenvalue weighted by Gasteiger charge is 1.98. The average Bonchev–Trinajstić information content (AvgIpc) is 2.15. The fourth-order valence-corrected chi connectivity index (χ4v) is 0.930. The van der Waals surface area contributed by atoms with Crippen LogP contribution in [0.5, 0.6) is 0 Å². The number of nitrogens with two attached hydrogens (primary N) is 1. The molecule has 0 aliphatic heterocycles. The fourth-order valence-electron chi connectivity index (χ4n) is 0.930. The van der Waals surface area contributed by atoms with E-state index in [9.17, 15) is 4.79 Å². The number of hydrogen-bond donors (Lipinski definition) is 2. The van der Waals surface area contributed by atoms with Crippen LogP contribution in [-0.4, -0.2) is 24.1 Å². The zero-order valence-electron chi connectivity index (χ0n) is 7.99. The summed E-state index contributed by atoms with van der Waals surface area (Å²) in [6, 6.07) is 3.51. The number of nitrogen functional groups attached to an aromatic ring is 1. The lowest BCUT2D eigenvalue weighted by molar-refractivity contribution is -0.140. The van der Waals surface area contributed by atoms with E-state index in [0.717, 1.165) is 0 Å². The zero-order chi connectivity index (χ0) is 10.4. The number of rotatable bonds is 4. The maximum Gasteiger partial charge on any atom is 0.302 e. The minimum atomic E-state index is -0.291. The highest BCUT2D eigenvalue weighted by Crippen LogP contribution is 2.11. The van der Waals surface area contributed by atoms with Crippen LogP contribution in [0.3, 0.4) is 0 Å². The van der Waals surface area contributed by atoms with Gasteiger partial charge in [-0.15, -0.1) is 0 Å². The molecule has 0 unspecified atom stereocenters. The monoisotopic (exact) mass is 195 g/mol. The number of nitrogens with zero attached hydrogens (tertiary/aromatic N) is 1. The topological polar surface area (TPSA) is 77.2 Å². The quantitative estimate of drug-likeness (QED) is 0.544. The van der Waals surface area contributed by atoms with Gasteiger partial charge in [0.1, 0.15) is 12.4 Å². The van der Waals surface area contributed by atoms with Crippen LogP contribution in [0.15, 0.2) is 18.3 Å². The molecule has 1 aromatic heterocycles. The number of nitrogens with one attached hydrogen (secondary N) is 1. The third-order valence-electron chi connectivity index (χ3n) is 1.54. The van der Waals surface area contributed by atoms with E-state index in [1.54, 1.807) is 18.3 Å². The first-order valence-corrected chi connectivity index (χ1v) is 4.28. The molecule has 1 rings (SSSR count). The first-order chi connectivity index (χ1) is 6.70. The summed E-state index contributed by atoms with van der Waals surface area (Å²) in [6.07, 6.45) is 1.64. The van der Waals surface area contributed by atoms with Gasteiger partial charge >= 0.3 is 5.97 Å². The summed E-state index contributed by atoms with van der Waals surface area (Å²) in [5.74, 6) is 0.320. The van der Waals surface area contributed by atoms with E-state index in [1.165, 1.54) is 6.92 Å². The summed E-state index contributed by atoms with van der Waals surface area (Å²) >= 11 is 0. The van der Waals surface area contributed by atoms with E-state index >= 15 is 0 Å². The Balaban J connectivity index is 2.31. The van der Waals surface area contributed by atoms with Crippen LogP contribution >= 0.6 is 0 Å². The Morgan fingerprint density at radius 1 is 1.71 bits per heavy atom. The van der Waals surface area contributed by atoms with E-state index < -0.39 is 0 Å². The van der Waals surface area contributed by atoms with Crippen molar-refractivity contribution in [3.8, 4) is 0 Å². The number of anilines is 2. The van der Waals surface area contributed by atoms with E-state index in [4.69, 9.17) is 10.5 Å². The number of carbonyl (C=O) groups excluding carboxylic acids is 1. The minimum Gasteiger partial charge on any atom is -0.464 e. The zero-order valence-corrected chi connectivity index (χ0v) is 7.99. The summed E-state index contributed by atoms with van der Waals surface area (Å²) in [4.78, 5) is 14.5. The van der Waals surface area contributed by atoms with Gasteiger partial charge in [0, 0.05) is 13.1 Å². The molecule has 0 aliphatic carbocycles. The van der Waals surface area contributed by atoms with E-state index in [-0.39, 0.29) is 5.97 Å². The Labute approximate surface area is 82.3 Å². The Bertz CT molecular complexity index is 315. The predicted octanol–water partition coefficient (Wildman–Crippen LogP) is 0.639. The number of hydrogen-bond acceptors (Lipinski definition) is 5. The normalized spacial score (nSPS) is 9.50. The smallest absolute Gasteiger partial charge is 0.302 e. The lowest BCUT2D eigenvalue weighted by Gasteiger charge is -2.07. The summed E-state index contributed by atoms with van der Waals surface area (Å²) in [7, 11) is 0. The van der Waals surface area contributed by atoms with Crippen molar-refractivity contribution in [1.82, 2.24) is 4.98 Å². The molecule has 5 nitrogen and oxygen atoms in total. The van der Waals surface area contributed by atoms with Gasteiger partial charge in [0.15, 0.2) is 0 Å². The summed E-state index contributed by atoms with van der Waals surface area (Å²) in [6.45, 7) is 2.18. The lowest BCUT2D eigenvalue weighted by atomic mass is 10.4. The van der Waals surface area contributed by atoms with Gasteiger partial charge in [0.2, 0.25) is 0 Å². The number of aromatic nitrogens is 1. The molecule has 0 spiro atoms. The molecule has 14 heavy (non-hydrogen) atoms. The Morgan fingerprint density at radius 3 is 3.14 bits per heavy atom. The van der Waals surface area contributed by atoms with Gasteiger partial charge < -0.3 is 15.8 Å². The predicted molar refractivity (Wildman–Crippen MR) is 53.8 cm³/mol. The first-order valence-electron chi connectivity index (χ1n) is 4.28. The van der Waals surface area contributed by atoms with Gasteiger partial charge in [0.25, 0.3) is 0 Å². The van der Waals surface area contributed by atoms with Gasteiger partial charge in [0.05, 0.1) is 12.2 Å². The molecule has 0 saturated carbocycles. The Hall–Kier alpha value is -1.78. The second-order valence-electron chi connectivity index (χ2n) is 2.71. The van der Waals surface area contributed by atoms with Crippen molar-refractivity contribution in [2.45, 2.75) is 6.92 Å². The molecule has 76 valence electrons. The van der Waals surface area contributed by atoms with E-state index in [0.29, 0.717) is 24.7 Å². The molecule has 1 heterocycles. The average molecular weight is 195 g/mol. The number of pyridine rings is 1.